The number of rotatable bonds is 4. The molecule has 0 aromatic rings. The van der Waals surface area contributed by atoms with E-state index in [0.717, 1.165) is 61.6 Å². The van der Waals surface area contributed by atoms with Crippen molar-refractivity contribution in [3.8, 4) is 0 Å². The molecule has 1 N–H and O–H groups in total. The molecule has 0 amide bonds. The minimum absolute atomic E-state index is 0.00920. The molecular weight excluding hydrogens is 356 g/mol. The van der Waals surface area contributed by atoms with Crippen LogP contribution in [0, 0.1) is 46.3 Å². The van der Waals surface area contributed by atoms with Crippen molar-refractivity contribution in [1.29, 1.82) is 0 Å². The van der Waals surface area contributed by atoms with Gasteiger partial charge in [-0.1, -0.05) is 26.7 Å². The lowest BCUT2D eigenvalue weighted by Gasteiger charge is -2.61. The smallest absolute Gasteiger partial charge is 0.0543 e. The Bertz CT molecular complexity index is 569. The summed E-state index contributed by atoms with van der Waals surface area (Å²) in [5.74, 6) is 5.68. The van der Waals surface area contributed by atoms with Crippen molar-refractivity contribution in [2.24, 2.45) is 46.3 Å². The van der Waals surface area contributed by atoms with Gasteiger partial charge in [-0.15, -0.1) is 0 Å². The monoisotopic (exact) mass is 402 g/mol. The quantitative estimate of drug-likeness (QED) is 0.574. The van der Waals surface area contributed by atoms with E-state index in [-0.39, 0.29) is 6.10 Å². The molecule has 166 valence electrons. The first-order valence-corrected chi connectivity index (χ1v) is 13.3. The molecule has 7 unspecified atom stereocenters. The van der Waals surface area contributed by atoms with Crippen molar-refractivity contribution in [3.63, 3.8) is 0 Å². The molecule has 0 aromatic carbocycles. The normalized spacial score (nSPS) is 50.6. The summed E-state index contributed by atoms with van der Waals surface area (Å²) >= 11 is 0. The Morgan fingerprint density at radius 1 is 0.793 bits per heavy atom. The second-order valence-corrected chi connectivity index (χ2v) is 12.4. The molecule has 1 heterocycles. The Balaban J connectivity index is 1.22. The summed E-state index contributed by atoms with van der Waals surface area (Å²) in [5, 5.41) is 10.3. The molecule has 1 saturated heterocycles. The van der Waals surface area contributed by atoms with Gasteiger partial charge in [0.25, 0.3) is 0 Å². The average Bonchev–Trinajstić information content (AvgIpc) is 3.06. The zero-order valence-corrected chi connectivity index (χ0v) is 19.2. The fourth-order valence-electron chi connectivity index (χ4n) is 9.51. The van der Waals surface area contributed by atoms with E-state index in [1.165, 1.54) is 77.0 Å². The highest BCUT2D eigenvalue weighted by Gasteiger charge is 2.59. The Hall–Kier alpha value is -0.0800. The van der Waals surface area contributed by atoms with Crippen LogP contribution in [-0.4, -0.2) is 24.4 Å². The fraction of sp³-hybridized carbons (Fsp3) is 1.00. The number of fused-ring (bicyclic) bond motifs is 5. The summed E-state index contributed by atoms with van der Waals surface area (Å²) in [6.45, 7) is 7.35. The van der Waals surface area contributed by atoms with Crippen molar-refractivity contribution < 1.29 is 9.84 Å². The third-order valence-electron chi connectivity index (χ3n) is 11.3. The van der Waals surface area contributed by atoms with Crippen LogP contribution in [0.3, 0.4) is 0 Å². The molecule has 4 aliphatic carbocycles. The average molecular weight is 403 g/mol. The van der Waals surface area contributed by atoms with Crippen molar-refractivity contribution >= 4 is 0 Å². The van der Waals surface area contributed by atoms with Gasteiger partial charge >= 0.3 is 0 Å². The molecule has 0 spiro atoms. The SMILES string of the molecule is CC12CCC(O)CC1CCC1C2CCC2(C)C1CC[C@@H]2CCCC1CCOCC1. The van der Waals surface area contributed by atoms with E-state index in [1.807, 2.05) is 0 Å². The number of aliphatic hydroxyl groups excluding tert-OH is 1. The predicted molar refractivity (Wildman–Crippen MR) is 119 cm³/mol. The number of hydrogen-bond acceptors (Lipinski definition) is 2. The van der Waals surface area contributed by atoms with E-state index in [4.69, 9.17) is 4.74 Å². The Labute approximate surface area is 179 Å². The van der Waals surface area contributed by atoms with Gasteiger partial charge in [-0.2, -0.15) is 0 Å². The molecule has 0 bridgehead atoms. The van der Waals surface area contributed by atoms with E-state index in [1.54, 1.807) is 0 Å². The Morgan fingerprint density at radius 3 is 2.38 bits per heavy atom. The van der Waals surface area contributed by atoms with E-state index in [2.05, 4.69) is 13.8 Å². The van der Waals surface area contributed by atoms with E-state index < -0.39 is 0 Å². The van der Waals surface area contributed by atoms with Gasteiger partial charge in [0, 0.05) is 13.2 Å². The van der Waals surface area contributed by atoms with Gasteiger partial charge in [0.1, 0.15) is 0 Å². The number of aliphatic hydroxyl groups is 1. The van der Waals surface area contributed by atoms with Crippen molar-refractivity contribution in [1.82, 2.24) is 0 Å². The van der Waals surface area contributed by atoms with Crippen LogP contribution >= 0.6 is 0 Å². The van der Waals surface area contributed by atoms with Crippen LogP contribution in [0.15, 0.2) is 0 Å². The van der Waals surface area contributed by atoms with Crippen molar-refractivity contribution in [2.45, 2.75) is 110 Å². The summed E-state index contributed by atoms with van der Waals surface area (Å²) in [5.41, 5.74) is 1.17. The predicted octanol–water partition coefficient (Wildman–Crippen LogP) is 6.60. The van der Waals surface area contributed by atoms with Crippen LogP contribution < -0.4 is 0 Å². The molecule has 4 saturated carbocycles. The van der Waals surface area contributed by atoms with Gasteiger partial charge < -0.3 is 9.84 Å². The van der Waals surface area contributed by atoms with Crippen molar-refractivity contribution in [3.05, 3.63) is 0 Å². The minimum Gasteiger partial charge on any atom is -0.393 e. The second kappa shape index (κ2) is 8.12. The number of hydrogen-bond donors (Lipinski definition) is 1. The molecule has 0 aromatic heterocycles. The lowest BCUT2D eigenvalue weighted by molar-refractivity contribution is -0.127. The first-order chi connectivity index (χ1) is 14.0. The van der Waals surface area contributed by atoms with Crippen LogP contribution in [0.25, 0.3) is 0 Å². The van der Waals surface area contributed by atoms with Crippen LogP contribution in [0.4, 0.5) is 0 Å². The standard InChI is InChI=1S/C27H46O2/c1-26-15-11-25-23(8-6-21-18-22(28)10-14-27(21,25)2)24(26)9-7-20(26)5-3-4-19-12-16-29-17-13-19/h19-25,28H,3-18H2,1-2H3/t20-,21?,22?,23?,24?,25?,26?,27?/m0/s1. The summed E-state index contributed by atoms with van der Waals surface area (Å²) in [6.07, 6.45) is 19.3. The van der Waals surface area contributed by atoms with Gasteiger partial charge in [0.15, 0.2) is 0 Å². The maximum atomic E-state index is 10.3. The minimum atomic E-state index is -0.00920. The van der Waals surface area contributed by atoms with E-state index in [0.29, 0.717) is 10.8 Å². The first-order valence-electron chi connectivity index (χ1n) is 13.3. The lowest BCUT2D eigenvalue weighted by Crippen LogP contribution is -2.53. The van der Waals surface area contributed by atoms with Crippen LogP contribution in [0.5, 0.6) is 0 Å². The molecule has 1 aliphatic heterocycles. The summed E-state index contributed by atoms with van der Waals surface area (Å²) < 4.78 is 5.55. The highest BCUT2D eigenvalue weighted by atomic mass is 16.5. The zero-order chi connectivity index (χ0) is 20.1. The molecule has 2 nitrogen and oxygen atoms in total. The molecule has 5 fully saturated rings. The van der Waals surface area contributed by atoms with Gasteiger partial charge in [0.2, 0.25) is 0 Å². The van der Waals surface area contributed by atoms with E-state index in [9.17, 15) is 5.11 Å². The largest absolute Gasteiger partial charge is 0.393 e. The molecule has 2 heteroatoms. The lowest BCUT2D eigenvalue weighted by atomic mass is 9.44. The Morgan fingerprint density at radius 2 is 1.55 bits per heavy atom. The van der Waals surface area contributed by atoms with Crippen LogP contribution in [0.1, 0.15) is 104 Å². The molecule has 5 rings (SSSR count). The highest BCUT2D eigenvalue weighted by molar-refractivity contribution is 5.09. The highest BCUT2D eigenvalue weighted by Crippen LogP contribution is 2.67. The first kappa shape index (κ1) is 20.8. The zero-order valence-electron chi connectivity index (χ0n) is 19.2. The topological polar surface area (TPSA) is 29.5 Å². The van der Waals surface area contributed by atoms with Crippen LogP contribution in [-0.2, 0) is 4.74 Å². The Kier molecular flexibility index (Phi) is 5.82. The third-order valence-corrected chi connectivity index (χ3v) is 11.3. The summed E-state index contributed by atoms with van der Waals surface area (Å²) in [7, 11) is 0. The van der Waals surface area contributed by atoms with Crippen LogP contribution in [0.2, 0.25) is 0 Å². The fourth-order valence-corrected chi connectivity index (χ4v) is 9.51. The molecule has 0 radical (unpaired) electrons. The van der Waals surface area contributed by atoms with Gasteiger partial charge in [-0.05, 0) is 123 Å². The molecule has 8 atom stereocenters. The maximum absolute atomic E-state index is 10.3. The van der Waals surface area contributed by atoms with Gasteiger partial charge in [-0.3, -0.25) is 0 Å². The van der Waals surface area contributed by atoms with Crippen molar-refractivity contribution in [2.75, 3.05) is 13.2 Å². The maximum Gasteiger partial charge on any atom is 0.0543 e. The second-order valence-electron chi connectivity index (χ2n) is 12.4. The molecule has 29 heavy (non-hydrogen) atoms. The molecular formula is C27H46O2. The number of ether oxygens (including phenoxy) is 1. The third kappa shape index (κ3) is 3.63. The summed E-state index contributed by atoms with van der Waals surface area (Å²) in [6, 6.07) is 0. The van der Waals surface area contributed by atoms with E-state index >= 15 is 0 Å². The molecule has 5 aliphatic rings. The van der Waals surface area contributed by atoms with Gasteiger partial charge in [-0.25, -0.2) is 0 Å². The summed E-state index contributed by atoms with van der Waals surface area (Å²) in [4.78, 5) is 0. The van der Waals surface area contributed by atoms with Gasteiger partial charge in [0.05, 0.1) is 6.10 Å².